The van der Waals surface area contributed by atoms with Gasteiger partial charge in [-0.15, -0.1) is 0 Å². The quantitative estimate of drug-likeness (QED) is 0.557. The minimum atomic E-state index is -0.310. The van der Waals surface area contributed by atoms with E-state index in [-0.39, 0.29) is 11.6 Å². The lowest BCUT2D eigenvalue weighted by Crippen LogP contribution is -1.81. The SMILES string of the molecule is Cc1c(F)ccc2c1oc1c(C)c(F)ccc12. The van der Waals surface area contributed by atoms with Crippen LogP contribution in [0.2, 0.25) is 0 Å². The Kier molecular flexibility index (Phi) is 1.99. The first kappa shape index (κ1) is 10.3. The van der Waals surface area contributed by atoms with Gasteiger partial charge in [-0.3, -0.25) is 0 Å². The normalized spacial score (nSPS) is 11.5. The van der Waals surface area contributed by atoms with E-state index in [9.17, 15) is 8.78 Å². The van der Waals surface area contributed by atoms with Gasteiger partial charge in [0.1, 0.15) is 22.8 Å². The third kappa shape index (κ3) is 1.28. The summed E-state index contributed by atoms with van der Waals surface area (Å²) in [4.78, 5) is 0. The van der Waals surface area contributed by atoms with Crippen LogP contribution >= 0.6 is 0 Å². The molecule has 17 heavy (non-hydrogen) atoms. The highest BCUT2D eigenvalue weighted by atomic mass is 19.1. The second-order valence-corrected chi connectivity index (χ2v) is 4.20. The van der Waals surface area contributed by atoms with Gasteiger partial charge in [-0.05, 0) is 38.1 Å². The van der Waals surface area contributed by atoms with E-state index in [4.69, 9.17) is 4.42 Å². The van der Waals surface area contributed by atoms with Gasteiger partial charge < -0.3 is 4.42 Å². The molecular weight excluding hydrogens is 222 g/mol. The molecular formula is C14H10F2O. The lowest BCUT2D eigenvalue weighted by atomic mass is 10.1. The fraction of sp³-hybridized carbons (Fsp3) is 0.143. The third-order valence-electron chi connectivity index (χ3n) is 3.17. The molecule has 0 aliphatic rings. The van der Waals surface area contributed by atoms with Crippen LogP contribution < -0.4 is 0 Å². The molecule has 3 rings (SSSR count). The molecule has 1 heterocycles. The molecule has 3 aromatic rings. The second kappa shape index (κ2) is 3.29. The van der Waals surface area contributed by atoms with Gasteiger partial charge in [-0.25, -0.2) is 8.78 Å². The van der Waals surface area contributed by atoms with Crippen molar-refractivity contribution in [2.24, 2.45) is 0 Å². The Labute approximate surface area is 96.7 Å². The molecule has 2 aromatic carbocycles. The van der Waals surface area contributed by atoms with Crippen LogP contribution in [0.4, 0.5) is 8.78 Å². The second-order valence-electron chi connectivity index (χ2n) is 4.20. The first-order valence-electron chi connectivity index (χ1n) is 5.36. The Morgan fingerprint density at radius 3 is 1.59 bits per heavy atom. The molecule has 0 unspecified atom stereocenters. The Bertz CT molecular complexity index is 679. The van der Waals surface area contributed by atoms with Crippen LogP contribution in [0.5, 0.6) is 0 Å². The summed E-state index contributed by atoms with van der Waals surface area (Å²) in [7, 11) is 0. The lowest BCUT2D eigenvalue weighted by Gasteiger charge is -1.95. The number of benzene rings is 2. The first-order chi connectivity index (χ1) is 8.09. The van der Waals surface area contributed by atoms with Gasteiger partial charge in [0.05, 0.1) is 0 Å². The van der Waals surface area contributed by atoms with Crippen molar-refractivity contribution in [2.45, 2.75) is 13.8 Å². The van der Waals surface area contributed by atoms with Gasteiger partial charge in [0.15, 0.2) is 0 Å². The summed E-state index contributed by atoms with van der Waals surface area (Å²) in [6.07, 6.45) is 0. The first-order valence-corrected chi connectivity index (χ1v) is 5.36. The zero-order chi connectivity index (χ0) is 12.2. The fourth-order valence-electron chi connectivity index (χ4n) is 2.12. The minimum Gasteiger partial charge on any atom is -0.455 e. The van der Waals surface area contributed by atoms with E-state index in [0.29, 0.717) is 22.3 Å². The van der Waals surface area contributed by atoms with E-state index >= 15 is 0 Å². The smallest absolute Gasteiger partial charge is 0.141 e. The molecule has 0 fully saturated rings. The number of hydrogen-bond donors (Lipinski definition) is 0. The summed E-state index contributed by atoms with van der Waals surface area (Å²) in [6.45, 7) is 3.32. The van der Waals surface area contributed by atoms with Crippen molar-refractivity contribution in [3.8, 4) is 0 Å². The number of halogens is 2. The maximum atomic E-state index is 13.4. The number of rotatable bonds is 0. The van der Waals surface area contributed by atoms with Crippen LogP contribution in [0.15, 0.2) is 28.7 Å². The van der Waals surface area contributed by atoms with Crippen LogP contribution in [0, 0.1) is 25.5 Å². The largest absolute Gasteiger partial charge is 0.455 e. The Morgan fingerprint density at radius 1 is 0.765 bits per heavy atom. The van der Waals surface area contributed by atoms with Crippen molar-refractivity contribution in [1.29, 1.82) is 0 Å². The molecule has 0 spiro atoms. The van der Waals surface area contributed by atoms with Crippen LogP contribution in [0.3, 0.4) is 0 Å². The molecule has 0 saturated carbocycles. The summed E-state index contributed by atoms with van der Waals surface area (Å²) >= 11 is 0. The van der Waals surface area contributed by atoms with Crippen LogP contribution in [0.1, 0.15) is 11.1 Å². The van der Waals surface area contributed by atoms with Gasteiger partial charge in [0.2, 0.25) is 0 Å². The molecule has 0 bridgehead atoms. The van der Waals surface area contributed by atoms with E-state index in [2.05, 4.69) is 0 Å². The van der Waals surface area contributed by atoms with E-state index in [1.807, 2.05) is 0 Å². The molecule has 0 aliphatic carbocycles. The molecule has 3 heteroatoms. The number of fused-ring (bicyclic) bond motifs is 3. The summed E-state index contributed by atoms with van der Waals surface area (Å²) in [5.74, 6) is -0.621. The predicted octanol–water partition coefficient (Wildman–Crippen LogP) is 4.48. The molecule has 0 radical (unpaired) electrons. The highest BCUT2D eigenvalue weighted by molar-refractivity contribution is 6.06. The van der Waals surface area contributed by atoms with Gasteiger partial charge in [0.25, 0.3) is 0 Å². The molecule has 0 amide bonds. The van der Waals surface area contributed by atoms with Crippen LogP contribution in [0.25, 0.3) is 21.9 Å². The summed E-state index contributed by atoms with van der Waals surface area (Å²) in [6, 6.07) is 6.15. The van der Waals surface area contributed by atoms with Crippen molar-refractivity contribution >= 4 is 21.9 Å². The zero-order valence-corrected chi connectivity index (χ0v) is 9.47. The van der Waals surface area contributed by atoms with Crippen molar-refractivity contribution in [1.82, 2.24) is 0 Å². The molecule has 1 aromatic heterocycles. The van der Waals surface area contributed by atoms with Crippen molar-refractivity contribution in [2.75, 3.05) is 0 Å². The summed E-state index contributed by atoms with van der Waals surface area (Å²) in [5.41, 5.74) is 1.90. The Balaban J connectivity index is 2.58. The number of hydrogen-bond acceptors (Lipinski definition) is 1. The van der Waals surface area contributed by atoms with Crippen molar-refractivity contribution in [3.05, 3.63) is 47.0 Å². The van der Waals surface area contributed by atoms with Gasteiger partial charge >= 0.3 is 0 Å². The van der Waals surface area contributed by atoms with Crippen molar-refractivity contribution in [3.63, 3.8) is 0 Å². The average molecular weight is 232 g/mol. The molecule has 0 aliphatic heterocycles. The van der Waals surface area contributed by atoms with Gasteiger partial charge in [0, 0.05) is 21.9 Å². The zero-order valence-electron chi connectivity index (χ0n) is 9.47. The summed E-state index contributed by atoms with van der Waals surface area (Å²) < 4.78 is 32.4. The van der Waals surface area contributed by atoms with E-state index < -0.39 is 0 Å². The van der Waals surface area contributed by atoms with Crippen LogP contribution in [-0.2, 0) is 0 Å². The van der Waals surface area contributed by atoms with E-state index in [1.54, 1.807) is 26.0 Å². The fourth-order valence-corrected chi connectivity index (χ4v) is 2.12. The number of aryl methyl sites for hydroxylation is 2. The topological polar surface area (TPSA) is 13.1 Å². The maximum Gasteiger partial charge on any atom is 0.141 e. The minimum absolute atomic E-state index is 0.310. The summed E-state index contributed by atoms with van der Waals surface area (Å²) in [5, 5.41) is 1.64. The molecule has 1 nitrogen and oxygen atoms in total. The molecule has 0 saturated heterocycles. The third-order valence-corrected chi connectivity index (χ3v) is 3.17. The van der Waals surface area contributed by atoms with E-state index in [1.165, 1.54) is 12.1 Å². The molecule has 86 valence electrons. The predicted molar refractivity (Wildman–Crippen MR) is 63.1 cm³/mol. The monoisotopic (exact) mass is 232 g/mol. The average Bonchev–Trinajstić information content (AvgIpc) is 2.69. The molecule has 0 atom stereocenters. The van der Waals surface area contributed by atoms with E-state index in [0.717, 1.165) is 10.8 Å². The highest BCUT2D eigenvalue weighted by Gasteiger charge is 2.14. The Morgan fingerprint density at radius 2 is 1.18 bits per heavy atom. The maximum absolute atomic E-state index is 13.4. The van der Waals surface area contributed by atoms with Crippen LogP contribution in [-0.4, -0.2) is 0 Å². The standard InChI is InChI=1S/C14H10F2O/c1-7-11(15)5-3-9-10-4-6-12(16)8(2)14(10)17-13(7)9/h3-6H,1-2H3. The van der Waals surface area contributed by atoms with Gasteiger partial charge in [-0.1, -0.05) is 0 Å². The molecule has 0 N–H and O–H groups in total. The van der Waals surface area contributed by atoms with Crippen molar-refractivity contribution < 1.29 is 13.2 Å². The highest BCUT2D eigenvalue weighted by Crippen LogP contribution is 2.34. The number of furan rings is 1. The lowest BCUT2D eigenvalue weighted by molar-refractivity contribution is 0.598. The Hall–Kier alpha value is -1.90. The van der Waals surface area contributed by atoms with Gasteiger partial charge in [-0.2, -0.15) is 0 Å².